The summed E-state index contributed by atoms with van der Waals surface area (Å²) >= 11 is 6.43. The van der Waals surface area contributed by atoms with E-state index in [0.29, 0.717) is 13.1 Å². The van der Waals surface area contributed by atoms with E-state index in [1.165, 1.54) is 6.92 Å². The van der Waals surface area contributed by atoms with E-state index in [9.17, 15) is 9.59 Å². The molecule has 2 amide bonds. The van der Waals surface area contributed by atoms with Crippen LogP contribution < -0.4 is 10.6 Å². The first-order chi connectivity index (χ1) is 14.1. The minimum atomic E-state index is -0.761. The maximum atomic E-state index is 13.1. The van der Waals surface area contributed by atoms with Crippen LogP contribution in [0.15, 0.2) is 24.4 Å². The number of amidine groups is 1. The number of carbonyl (C=O) groups is 2. The van der Waals surface area contributed by atoms with E-state index in [2.05, 4.69) is 20.5 Å². The third kappa shape index (κ3) is 3.48. The van der Waals surface area contributed by atoms with E-state index in [-0.39, 0.29) is 34.6 Å². The Bertz CT molecular complexity index is 957. The maximum Gasteiger partial charge on any atom is 0.237 e. The summed E-state index contributed by atoms with van der Waals surface area (Å²) in [4.78, 5) is 32.5. The number of amides is 2. The van der Waals surface area contributed by atoms with Gasteiger partial charge in [-0.1, -0.05) is 23.8 Å². The number of aryl methyl sites for hydroxylation is 1. The smallest absolute Gasteiger partial charge is 0.237 e. The molecule has 3 N–H and O–H groups in total. The number of pyridine rings is 1. The first kappa shape index (κ1) is 20.8. The molecule has 30 heavy (non-hydrogen) atoms. The summed E-state index contributed by atoms with van der Waals surface area (Å²) in [5.74, 6) is 0.167. The van der Waals surface area contributed by atoms with E-state index in [4.69, 9.17) is 17.0 Å². The number of likely N-dealkylation sites (N-methyl/N-ethyl adjacent to an activating group) is 1. The molecule has 2 fully saturated rings. The first-order valence-corrected chi connectivity index (χ1v) is 10.4. The van der Waals surface area contributed by atoms with Gasteiger partial charge in [0.1, 0.15) is 16.7 Å². The standard InChI is InChI=1S/C21H27ClN6O2/c1-12-7-15(8-24-18(12)25-10-21(22)11-27(21)4)13(2)28-9-16(17(23)26-14(3)29)20(5-6-20)19(28)30/h5-8,13,16H,9-11H2,1-4H3,(H,24,25)(H2,23,26,29). The second kappa shape index (κ2) is 7.06. The Labute approximate surface area is 181 Å². The van der Waals surface area contributed by atoms with Crippen LogP contribution in [0.3, 0.4) is 0 Å². The van der Waals surface area contributed by atoms with E-state index in [1.54, 1.807) is 11.1 Å². The van der Waals surface area contributed by atoms with Crippen molar-refractivity contribution in [1.82, 2.24) is 20.1 Å². The molecule has 4 unspecified atom stereocenters. The van der Waals surface area contributed by atoms with Crippen molar-refractivity contribution in [2.45, 2.75) is 31.8 Å². The highest BCUT2D eigenvalue weighted by molar-refractivity contribution is 6.26. The Balaban J connectivity index is 1.47. The van der Waals surface area contributed by atoms with Gasteiger partial charge in [-0.2, -0.15) is 0 Å². The van der Waals surface area contributed by atoms with Crippen molar-refractivity contribution in [3.63, 3.8) is 0 Å². The number of anilines is 1. The van der Waals surface area contributed by atoms with Crippen LogP contribution in [0.25, 0.3) is 0 Å². The second-order valence-electron chi connectivity index (χ2n) is 8.61. The topological polar surface area (TPSA) is 101 Å². The van der Waals surface area contributed by atoms with Gasteiger partial charge in [-0.05, 0) is 38.1 Å². The molecule has 0 saturated carbocycles. The molecule has 0 aromatic carbocycles. The van der Waals surface area contributed by atoms with E-state index < -0.39 is 5.41 Å². The predicted molar refractivity (Wildman–Crippen MR) is 115 cm³/mol. The van der Waals surface area contributed by atoms with Gasteiger partial charge >= 0.3 is 0 Å². The number of halogens is 1. The summed E-state index contributed by atoms with van der Waals surface area (Å²) < 4.78 is 0. The van der Waals surface area contributed by atoms with Gasteiger partial charge in [0.05, 0.1) is 17.4 Å². The lowest BCUT2D eigenvalue weighted by Crippen LogP contribution is -2.38. The molecule has 0 radical (unpaired) electrons. The molecule has 2 aliphatic heterocycles. The lowest BCUT2D eigenvalue weighted by atomic mass is 9.89. The van der Waals surface area contributed by atoms with Crippen molar-refractivity contribution in [2.75, 3.05) is 32.0 Å². The van der Waals surface area contributed by atoms with Gasteiger partial charge < -0.3 is 15.5 Å². The number of alkyl halides is 1. The van der Waals surface area contributed by atoms with E-state index >= 15 is 0 Å². The lowest BCUT2D eigenvalue weighted by Gasteiger charge is -2.26. The molecule has 8 nitrogen and oxygen atoms in total. The van der Waals surface area contributed by atoms with Gasteiger partial charge in [0.25, 0.3) is 0 Å². The van der Waals surface area contributed by atoms with E-state index in [0.717, 1.165) is 23.5 Å². The van der Waals surface area contributed by atoms with Crippen molar-refractivity contribution in [1.29, 1.82) is 5.41 Å². The Hall–Kier alpha value is -2.45. The molecule has 0 bridgehead atoms. The zero-order valence-electron chi connectivity index (χ0n) is 17.6. The molecule has 9 heteroatoms. The van der Waals surface area contributed by atoms with Crippen LogP contribution in [0.2, 0.25) is 0 Å². The summed E-state index contributed by atoms with van der Waals surface area (Å²) in [5, 5.41) is 14.1. The number of rotatable bonds is 6. The highest BCUT2D eigenvalue weighted by Crippen LogP contribution is 2.51. The summed E-state index contributed by atoms with van der Waals surface area (Å²) in [6.07, 6.45) is 5.44. The highest BCUT2D eigenvalue weighted by atomic mass is 35.5. The SMILES string of the molecule is CC(=O)NC(=N)C1CN(C(C)c2cnc(NCC3(Cl)CN3C)c(C)c2)C(=O)C12C=C2. The molecular weight excluding hydrogens is 404 g/mol. The van der Waals surface area contributed by atoms with Gasteiger partial charge in [-0.15, -0.1) is 0 Å². The number of hydrogen-bond donors (Lipinski definition) is 3. The fourth-order valence-corrected chi connectivity index (χ4v) is 4.41. The van der Waals surface area contributed by atoms with Crippen LogP contribution in [0, 0.1) is 23.7 Å². The Morgan fingerprint density at radius 2 is 2.13 bits per heavy atom. The van der Waals surface area contributed by atoms with E-state index in [1.807, 2.05) is 39.1 Å². The third-order valence-electron chi connectivity index (χ3n) is 6.41. The summed E-state index contributed by atoms with van der Waals surface area (Å²) in [6, 6.07) is 1.84. The highest BCUT2D eigenvalue weighted by Gasteiger charge is 2.59. The average molecular weight is 431 g/mol. The fraction of sp³-hybridized carbons (Fsp3) is 0.524. The Kier molecular flexibility index (Phi) is 4.90. The Morgan fingerprint density at radius 1 is 1.47 bits per heavy atom. The molecular formula is C21H27ClN6O2. The molecule has 3 aliphatic rings. The second-order valence-corrected chi connectivity index (χ2v) is 9.31. The largest absolute Gasteiger partial charge is 0.367 e. The molecule has 160 valence electrons. The molecule has 1 aromatic heterocycles. The number of hydrogen-bond acceptors (Lipinski definition) is 6. The maximum absolute atomic E-state index is 13.1. The summed E-state index contributed by atoms with van der Waals surface area (Å²) in [7, 11) is 1.98. The van der Waals surface area contributed by atoms with Gasteiger partial charge in [-0.25, -0.2) is 4.98 Å². The Morgan fingerprint density at radius 3 is 2.67 bits per heavy atom. The van der Waals surface area contributed by atoms with Crippen LogP contribution >= 0.6 is 11.6 Å². The molecule has 4 rings (SSSR count). The molecule has 4 atom stereocenters. The number of nitrogens with zero attached hydrogens (tertiary/aromatic N) is 3. The minimum Gasteiger partial charge on any atom is -0.367 e. The zero-order valence-corrected chi connectivity index (χ0v) is 18.4. The molecule has 2 saturated heterocycles. The number of likely N-dealkylation sites (tertiary alicyclic amines) is 1. The zero-order chi connectivity index (χ0) is 21.8. The number of aromatic nitrogens is 1. The van der Waals surface area contributed by atoms with Crippen molar-refractivity contribution < 1.29 is 9.59 Å². The van der Waals surface area contributed by atoms with Gasteiger partial charge in [-0.3, -0.25) is 19.9 Å². The van der Waals surface area contributed by atoms with Crippen LogP contribution in [-0.2, 0) is 9.59 Å². The number of carbonyl (C=O) groups excluding carboxylic acids is 2. The summed E-state index contributed by atoms with van der Waals surface area (Å²) in [5.41, 5.74) is 1.15. The lowest BCUT2D eigenvalue weighted by molar-refractivity contribution is -0.133. The van der Waals surface area contributed by atoms with Crippen molar-refractivity contribution in [3.05, 3.63) is 35.5 Å². The van der Waals surface area contributed by atoms with Crippen molar-refractivity contribution in [2.24, 2.45) is 11.3 Å². The molecule has 1 aromatic rings. The van der Waals surface area contributed by atoms with Gasteiger partial charge in [0.2, 0.25) is 11.8 Å². The molecule has 1 aliphatic carbocycles. The van der Waals surface area contributed by atoms with Crippen LogP contribution in [0.5, 0.6) is 0 Å². The molecule has 3 heterocycles. The predicted octanol–water partition coefficient (Wildman–Crippen LogP) is 1.87. The third-order valence-corrected chi connectivity index (χ3v) is 6.95. The van der Waals surface area contributed by atoms with Crippen molar-refractivity contribution >= 4 is 35.1 Å². The first-order valence-electron chi connectivity index (χ1n) is 10.1. The van der Waals surface area contributed by atoms with Crippen LogP contribution in [0.4, 0.5) is 5.82 Å². The average Bonchev–Trinajstić information content (AvgIpc) is 3.55. The van der Waals surface area contributed by atoms with Crippen LogP contribution in [0.1, 0.15) is 31.0 Å². The van der Waals surface area contributed by atoms with Crippen LogP contribution in [-0.4, -0.2) is 64.1 Å². The van der Waals surface area contributed by atoms with Gasteiger partial charge in [0, 0.05) is 32.8 Å². The van der Waals surface area contributed by atoms with Gasteiger partial charge in [0.15, 0.2) is 0 Å². The quantitative estimate of drug-likeness (QED) is 0.160. The normalized spacial score (nSPS) is 29.1. The van der Waals surface area contributed by atoms with Crippen molar-refractivity contribution in [3.8, 4) is 0 Å². The molecule has 1 spiro atoms. The number of nitrogens with one attached hydrogen (secondary N) is 3. The fourth-order valence-electron chi connectivity index (χ4n) is 4.16. The minimum absolute atomic E-state index is 0.0317. The summed E-state index contributed by atoms with van der Waals surface area (Å²) in [6.45, 7) is 7.15. The monoisotopic (exact) mass is 430 g/mol.